The van der Waals surface area contributed by atoms with Crippen LogP contribution in [0.25, 0.3) is 0 Å². The number of ketones is 1. The van der Waals surface area contributed by atoms with Gasteiger partial charge in [0.25, 0.3) is 0 Å². The van der Waals surface area contributed by atoms with E-state index in [4.69, 9.17) is 11.6 Å². The number of carbonyl (C=O) groups is 1. The van der Waals surface area contributed by atoms with Crippen LogP contribution in [0.15, 0.2) is 45.6 Å². The van der Waals surface area contributed by atoms with Crippen molar-refractivity contribution in [2.24, 2.45) is 0 Å². The summed E-state index contributed by atoms with van der Waals surface area (Å²) in [5.41, 5.74) is 1.38. The number of halogens is 3. The molecule has 0 saturated carbocycles. The van der Waals surface area contributed by atoms with E-state index < -0.39 is 0 Å². The van der Waals surface area contributed by atoms with Crippen molar-refractivity contribution in [2.75, 3.05) is 0 Å². The minimum absolute atomic E-state index is 0.00646. The number of nitrogens with zero attached hydrogens (tertiary/aromatic N) is 1. The molecular formula is C13H8Br2ClNO. The quantitative estimate of drug-likeness (QED) is 0.713. The molecule has 5 heteroatoms. The maximum Gasteiger partial charge on any atom is 0.168 e. The van der Waals surface area contributed by atoms with Gasteiger partial charge in [-0.3, -0.25) is 9.78 Å². The Bertz CT molecular complexity index is 601. The Balaban J connectivity index is 2.21. The second kappa shape index (κ2) is 5.95. The van der Waals surface area contributed by atoms with Crippen molar-refractivity contribution in [1.29, 1.82) is 0 Å². The van der Waals surface area contributed by atoms with Gasteiger partial charge < -0.3 is 0 Å². The lowest BCUT2D eigenvalue weighted by Crippen LogP contribution is -2.04. The van der Waals surface area contributed by atoms with Gasteiger partial charge in [0.2, 0.25) is 0 Å². The molecule has 0 bridgehead atoms. The van der Waals surface area contributed by atoms with Gasteiger partial charge in [0, 0.05) is 38.3 Å². The van der Waals surface area contributed by atoms with E-state index in [1.165, 1.54) is 0 Å². The Morgan fingerprint density at radius 2 is 1.94 bits per heavy atom. The van der Waals surface area contributed by atoms with Gasteiger partial charge in [-0.1, -0.05) is 33.6 Å². The van der Waals surface area contributed by atoms with Gasteiger partial charge in [0.1, 0.15) is 0 Å². The molecule has 0 N–H and O–H groups in total. The van der Waals surface area contributed by atoms with Gasteiger partial charge in [-0.15, -0.1) is 0 Å². The average Bonchev–Trinajstić information content (AvgIpc) is 2.32. The first-order chi connectivity index (χ1) is 8.56. The number of pyridine rings is 1. The van der Waals surface area contributed by atoms with E-state index in [-0.39, 0.29) is 12.2 Å². The molecule has 92 valence electrons. The molecule has 0 aliphatic heterocycles. The fraction of sp³-hybridized carbons (Fsp3) is 0.0769. The van der Waals surface area contributed by atoms with E-state index in [2.05, 4.69) is 36.8 Å². The van der Waals surface area contributed by atoms with Crippen molar-refractivity contribution in [3.8, 4) is 0 Å². The normalized spacial score (nSPS) is 10.4. The first kappa shape index (κ1) is 13.7. The highest BCUT2D eigenvalue weighted by Crippen LogP contribution is 2.23. The third-order valence-corrected chi connectivity index (χ3v) is 3.67. The van der Waals surface area contributed by atoms with Crippen molar-refractivity contribution in [1.82, 2.24) is 4.98 Å². The Kier molecular flexibility index (Phi) is 4.54. The molecule has 0 aliphatic carbocycles. The van der Waals surface area contributed by atoms with Crippen LogP contribution < -0.4 is 0 Å². The highest BCUT2D eigenvalue weighted by Gasteiger charge is 2.10. The summed E-state index contributed by atoms with van der Waals surface area (Å²) >= 11 is 12.7. The molecule has 2 rings (SSSR count). The summed E-state index contributed by atoms with van der Waals surface area (Å²) < 4.78 is 1.68. The lowest BCUT2D eigenvalue weighted by Gasteiger charge is -2.04. The summed E-state index contributed by atoms with van der Waals surface area (Å²) in [6, 6.07) is 7.24. The minimum Gasteiger partial charge on any atom is -0.294 e. The van der Waals surface area contributed by atoms with Crippen molar-refractivity contribution in [3.63, 3.8) is 0 Å². The van der Waals surface area contributed by atoms with E-state index >= 15 is 0 Å². The molecule has 2 aromatic rings. The Labute approximate surface area is 127 Å². The van der Waals surface area contributed by atoms with Crippen LogP contribution in [0.4, 0.5) is 0 Å². The molecule has 1 aromatic heterocycles. The van der Waals surface area contributed by atoms with Gasteiger partial charge in [-0.2, -0.15) is 0 Å². The molecule has 0 amide bonds. The molecule has 0 saturated heterocycles. The second-order valence-corrected chi connectivity index (χ2v) is 5.97. The summed E-state index contributed by atoms with van der Waals surface area (Å²) in [7, 11) is 0. The van der Waals surface area contributed by atoms with Crippen LogP contribution in [-0.4, -0.2) is 10.8 Å². The van der Waals surface area contributed by atoms with Gasteiger partial charge in [-0.05, 0) is 39.7 Å². The van der Waals surface area contributed by atoms with Crippen LogP contribution in [0, 0.1) is 0 Å². The van der Waals surface area contributed by atoms with Crippen molar-refractivity contribution in [3.05, 3.63) is 61.8 Å². The van der Waals surface area contributed by atoms with Gasteiger partial charge >= 0.3 is 0 Å². The van der Waals surface area contributed by atoms with E-state index in [1.807, 2.05) is 12.1 Å². The predicted octanol–water partition coefficient (Wildman–Crippen LogP) is 4.69. The zero-order valence-electron chi connectivity index (χ0n) is 9.16. The SMILES string of the molecule is O=C(Cc1ccc(Br)cc1Cl)c1cncc(Br)c1. The van der Waals surface area contributed by atoms with Crippen LogP contribution in [-0.2, 0) is 6.42 Å². The zero-order chi connectivity index (χ0) is 13.1. The molecule has 18 heavy (non-hydrogen) atoms. The molecule has 0 spiro atoms. The monoisotopic (exact) mass is 387 g/mol. The van der Waals surface area contributed by atoms with E-state index in [9.17, 15) is 4.79 Å². The van der Waals surface area contributed by atoms with Gasteiger partial charge in [0.15, 0.2) is 5.78 Å². The van der Waals surface area contributed by atoms with E-state index in [0.29, 0.717) is 10.6 Å². The molecule has 0 radical (unpaired) electrons. The summed E-state index contributed by atoms with van der Waals surface area (Å²) in [5.74, 6) is -0.00646. The molecule has 1 heterocycles. The first-order valence-corrected chi connectivity index (χ1v) is 7.10. The average molecular weight is 389 g/mol. The fourth-order valence-electron chi connectivity index (χ4n) is 1.50. The maximum atomic E-state index is 12.1. The molecular weight excluding hydrogens is 381 g/mol. The molecule has 1 aromatic carbocycles. The summed E-state index contributed by atoms with van der Waals surface area (Å²) in [5, 5.41) is 0.584. The second-order valence-electron chi connectivity index (χ2n) is 3.73. The largest absolute Gasteiger partial charge is 0.294 e. The Morgan fingerprint density at radius 3 is 2.61 bits per heavy atom. The first-order valence-electron chi connectivity index (χ1n) is 5.14. The van der Waals surface area contributed by atoms with E-state index in [1.54, 1.807) is 24.5 Å². The summed E-state index contributed by atoms with van der Waals surface area (Å²) in [6.07, 6.45) is 3.47. The Morgan fingerprint density at radius 1 is 1.17 bits per heavy atom. The lowest BCUT2D eigenvalue weighted by molar-refractivity contribution is 0.0992. The molecule has 2 nitrogen and oxygen atoms in total. The highest BCUT2D eigenvalue weighted by molar-refractivity contribution is 9.10. The number of rotatable bonds is 3. The summed E-state index contributed by atoms with van der Waals surface area (Å²) in [6.45, 7) is 0. The van der Waals surface area contributed by atoms with Crippen molar-refractivity contribution in [2.45, 2.75) is 6.42 Å². The number of Topliss-reactive ketones (excluding diaryl/α,β-unsaturated/α-hetero) is 1. The van der Waals surface area contributed by atoms with Crippen LogP contribution in [0.3, 0.4) is 0 Å². The minimum atomic E-state index is -0.00646. The van der Waals surface area contributed by atoms with Gasteiger partial charge in [-0.25, -0.2) is 0 Å². The van der Waals surface area contributed by atoms with Crippen molar-refractivity contribution >= 4 is 49.2 Å². The lowest BCUT2D eigenvalue weighted by atomic mass is 10.0. The van der Waals surface area contributed by atoms with E-state index in [0.717, 1.165) is 14.5 Å². The third-order valence-electron chi connectivity index (χ3n) is 2.39. The molecule has 0 unspecified atom stereocenters. The van der Waals surface area contributed by atoms with Crippen molar-refractivity contribution < 1.29 is 4.79 Å². The standard InChI is InChI=1S/C13H8Br2ClNO/c14-10-2-1-8(12(16)5-10)4-13(18)9-3-11(15)7-17-6-9/h1-3,5-7H,4H2. The topological polar surface area (TPSA) is 30.0 Å². The number of hydrogen-bond acceptors (Lipinski definition) is 2. The smallest absolute Gasteiger partial charge is 0.168 e. The number of hydrogen-bond donors (Lipinski definition) is 0. The maximum absolute atomic E-state index is 12.1. The van der Waals surface area contributed by atoms with Crippen LogP contribution >= 0.6 is 43.5 Å². The fourth-order valence-corrected chi connectivity index (χ4v) is 2.61. The van der Waals surface area contributed by atoms with Crippen LogP contribution in [0.2, 0.25) is 5.02 Å². The van der Waals surface area contributed by atoms with Gasteiger partial charge in [0.05, 0.1) is 0 Å². The number of carbonyl (C=O) groups excluding carboxylic acids is 1. The molecule has 0 fully saturated rings. The highest BCUT2D eigenvalue weighted by atomic mass is 79.9. The summed E-state index contributed by atoms with van der Waals surface area (Å²) in [4.78, 5) is 16.0. The molecule has 0 atom stereocenters. The number of aromatic nitrogens is 1. The van der Waals surface area contributed by atoms with Crippen LogP contribution in [0.5, 0.6) is 0 Å². The number of benzene rings is 1. The third kappa shape index (κ3) is 3.40. The Hall–Kier alpha value is -0.710. The zero-order valence-corrected chi connectivity index (χ0v) is 13.1. The van der Waals surface area contributed by atoms with Crippen LogP contribution in [0.1, 0.15) is 15.9 Å². The molecule has 0 aliphatic rings. The predicted molar refractivity (Wildman–Crippen MR) is 79.1 cm³/mol.